The van der Waals surface area contributed by atoms with E-state index in [0.29, 0.717) is 30.3 Å². The zero-order chi connectivity index (χ0) is 31.6. The summed E-state index contributed by atoms with van der Waals surface area (Å²) in [5.41, 5.74) is 8.76. The highest BCUT2D eigenvalue weighted by Gasteiger charge is 2.41. The lowest BCUT2D eigenvalue weighted by atomic mass is 9.90. The van der Waals surface area contributed by atoms with Gasteiger partial charge in [-0.25, -0.2) is 14.2 Å². The number of carbonyl (C=O) groups is 2. The van der Waals surface area contributed by atoms with Crippen molar-refractivity contribution in [3.8, 4) is 11.3 Å². The van der Waals surface area contributed by atoms with Gasteiger partial charge in [0.15, 0.2) is 0 Å². The van der Waals surface area contributed by atoms with Gasteiger partial charge < -0.3 is 30.6 Å². The fraction of sp³-hybridized carbons (Fsp3) is 0.324. The Morgan fingerprint density at radius 2 is 1.70 bits per heavy atom. The molecule has 0 saturated heterocycles. The van der Waals surface area contributed by atoms with Crippen LogP contribution >= 0.6 is 0 Å². The van der Waals surface area contributed by atoms with Crippen LogP contribution in [0.3, 0.4) is 0 Å². The van der Waals surface area contributed by atoms with Gasteiger partial charge in [-0.2, -0.15) is 0 Å². The molecule has 2 heterocycles. The number of aryl methyl sites for hydroxylation is 1. The normalized spacial score (nSPS) is 14.4. The van der Waals surface area contributed by atoms with E-state index in [-0.39, 0.29) is 24.7 Å². The summed E-state index contributed by atoms with van der Waals surface area (Å²) in [6.07, 6.45) is -0.471. The molecular weight excluding hydrogens is 559 g/mol. The number of benzene rings is 3. The molecular formula is C34H39FN6O3. The summed E-state index contributed by atoms with van der Waals surface area (Å²) in [5, 5.41) is 6.35. The highest BCUT2D eigenvalue weighted by Crippen LogP contribution is 2.34. The molecule has 1 aliphatic heterocycles. The lowest BCUT2D eigenvalue weighted by Gasteiger charge is -2.37. The standard InChI is InChI=1S/C34H39FN6O3/c1-22-9-15-27(16-10-22)37-30-29(24-11-13-25(35)14-12-24)38-28-21-40(17-18-41(28)30)31(42)34(5,39-32(43)44-33(2,3)4)20-23-7-6-8-26(36)19-23/h6-16,19,37H,17-18,20-21,36H2,1-5H3,(H,39,43). The van der Waals surface area contributed by atoms with Crippen molar-refractivity contribution >= 4 is 29.2 Å². The highest BCUT2D eigenvalue weighted by molar-refractivity contribution is 5.90. The molecule has 5 rings (SSSR count). The molecule has 1 aliphatic rings. The number of ether oxygens (including phenoxy) is 1. The first kappa shape index (κ1) is 30.6. The van der Waals surface area contributed by atoms with Gasteiger partial charge in [-0.15, -0.1) is 0 Å². The van der Waals surface area contributed by atoms with E-state index in [0.717, 1.165) is 28.2 Å². The molecule has 9 nitrogen and oxygen atoms in total. The number of imidazole rings is 1. The Hall–Kier alpha value is -4.86. The summed E-state index contributed by atoms with van der Waals surface area (Å²) >= 11 is 0. The van der Waals surface area contributed by atoms with Crippen LogP contribution in [0.25, 0.3) is 11.3 Å². The maximum atomic E-state index is 14.3. The van der Waals surface area contributed by atoms with Crippen LogP contribution in [0.4, 0.5) is 26.4 Å². The number of hydrogen-bond donors (Lipinski definition) is 3. The number of rotatable bonds is 7. The van der Waals surface area contributed by atoms with E-state index in [1.54, 1.807) is 56.9 Å². The fourth-order valence-corrected chi connectivity index (χ4v) is 5.38. The first-order chi connectivity index (χ1) is 20.8. The minimum atomic E-state index is -1.33. The first-order valence-electron chi connectivity index (χ1n) is 14.6. The number of carbonyl (C=O) groups excluding carboxylic acids is 2. The number of hydrogen-bond acceptors (Lipinski definition) is 6. The smallest absolute Gasteiger partial charge is 0.408 e. The molecule has 4 aromatic rings. The quantitative estimate of drug-likeness (QED) is 0.219. The largest absolute Gasteiger partial charge is 0.444 e. The van der Waals surface area contributed by atoms with Gasteiger partial charge in [-0.1, -0.05) is 29.8 Å². The lowest BCUT2D eigenvalue weighted by Crippen LogP contribution is -2.60. The minimum absolute atomic E-state index is 0.210. The van der Waals surface area contributed by atoms with Crippen molar-refractivity contribution in [2.45, 2.75) is 65.3 Å². The summed E-state index contributed by atoms with van der Waals surface area (Å²) in [5.74, 6) is 0.829. The number of amides is 2. The van der Waals surface area contributed by atoms with Crippen molar-refractivity contribution < 1.29 is 18.7 Å². The molecule has 1 atom stereocenters. The topological polar surface area (TPSA) is 115 Å². The molecule has 1 unspecified atom stereocenters. The van der Waals surface area contributed by atoms with Crippen molar-refractivity contribution in [1.82, 2.24) is 19.8 Å². The molecule has 10 heteroatoms. The Labute approximate surface area is 257 Å². The fourth-order valence-electron chi connectivity index (χ4n) is 5.38. The van der Waals surface area contributed by atoms with Gasteiger partial charge in [0, 0.05) is 36.4 Å². The monoisotopic (exact) mass is 598 g/mol. The lowest BCUT2D eigenvalue weighted by molar-refractivity contribution is -0.139. The van der Waals surface area contributed by atoms with E-state index in [2.05, 4.69) is 15.2 Å². The molecule has 230 valence electrons. The molecule has 2 amide bonds. The predicted octanol–water partition coefficient (Wildman–Crippen LogP) is 6.19. The molecule has 0 fully saturated rings. The van der Waals surface area contributed by atoms with Gasteiger partial charge >= 0.3 is 6.09 Å². The molecule has 4 N–H and O–H groups in total. The second kappa shape index (κ2) is 12.0. The maximum absolute atomic E-state index is 14.3. The number of alkyl carbamates (subject to hydrolysis) is 1. The SMILES string of the molecule is Cc1ccc(Nc2c(-c3ccc(F)cc3)nc3n2CCN(C(=O)C(C)(Cc2cccc(N)c2)NC(=O)OC(C)(C)C)C3)cc1. The summed E-state index contributed by atoms with van der Waals surface area (Å²) < 4.78 is 21.4. The third-order valence-electron chi connectivity index (χ3n) is 7.45. The molecule has 0 aliphatic carbocycles. The van der Waals surface area contributed by atoms with E-state index in [1.807, 2.05) is 43.3 Å². The number of anilines is 3. The highest BCUT2D eigenvalue weighted by atomic mass is 19.1. The Kier molecular flexibility index (Phi) is 8.36. The maximum Gasteiger partial charge on any atom is 0.408 e. The van der Waals surface area contributed by atoms with Crippen LogP contribution in [0, 0.1) is 12.7 Å². The number of nitrogen functional groups attached to an aromatic ring is 1. The van der Waals surface area contributed by atoms with Crippen LogP contribution < -0.4 is 16.4 Å². The van der Waals surface area contributed by atoms with E-state index in [9.17, 15) is 14.0 Å². The number of nitrogens with zero attached hydrogens (tertiary/aromatic N) is 3. The summed E-state index contributed by atoms with van der Waals surface area (Å²) in [6, 6.07) is 21.5. The Morgan fingerprint density at radius 3 is 2.36 bits per heavy atom. The predicted molar refractivity (Wildman–Crippen MR) is 170 cm³/mol. The molecule has 3 aromatic carbocycles. The second-order valence-corrected chi connectivity index (χ2v) is 12.5. The van der Waals surface area contributed by atoms with Crippen LogP contribution in [0.2, 0.25) is 0 Å². The Balaban J connectivity index is 1.47. The van der Waals surface area contributed by atoms with Gasteiger partial charge in [-0.05, 0) is 88.7 Å². The van der Waals surface area contributed by atoms with Gasteiger partial charge in [0.05, 0.1) is 6.54 Å². The molecule has 0 saturated carbocycles. The second-order valence-electron chi connectivity index (χ2n) is 12.5. The van der Waals surface area contributed by atoms with Crippen molar-refractivity contribution in [2.24, 2.45) is 0 Å². The third kappa shape index (κ3) is 7.02. The number of halogens is 1. The van der Waals surface area contributed by atoms with E-state index in [4.69, 9.17) is 15.5 Å². The average Bonchev–Trinajstić information content (AvgIpc) is 3.30. The first-order valence-corrected chi connectivity index (χ1v) is 14.6. The van der Waals surface area contributed by atoms with Crippen molar-refractivity contribution in [2.75, 3.05) is 17.6 Å². The molecule has 1 aromatic heterocycles. The summed E-state index contributed by atoms with van der Waals surface area (Å²) in [7, 11) is 0. The van der Waals surface area contributed by atoms with Gasteiger partial charge in [0.1, 0.15) is 34.3 Å². The summed E-state index contributed by atoms with van der Waals surface area (Å²) in [4.78, 5) is 33.9. The third-order valence-corrected chi connectivity index (χ3v) is 7.45. The molecule has 0 radical (unpaired) electrons. The van der Waals surface area contributed by atoms with Crippen molar-refractivity contribution in [3.05, 3.63) is 95.6 Å². The van der Waals surface area contributed by atoms with Crippen LogP contribution in [-0.2, 0) is 29.0 Å². The molecule has 0 bridgehead atoms. The van der Waals surface area contributed by atoms with E-state index < -0.39 is 17.2 Å². The van der Waals surface area contributed by atoms with Crippen molar-refractivity contribution in [1.29, 1.82) is 0 Å². The zero-order valence-corrected chi connectivity index (χ0v) is 25.8. The zero-order valence-electron chi connectivity index (χ0n) is 25.8. The number of aromatic nitrogens is 2. The van der Waals surface area contributed by atoms with Gasteiger partial charge in [0.2, 0.25) is 5.91 Å². The van der Waals surface area contributed by atoms with E-state index in [1.165, 1.54) is 12.1 Å². The van der Waals surface area contributed by atoms with Crippen LogP contribution in [0.1, 0.15) is 44.6 Å². The Bertz CT molecular complexity index is 1660. The number of nitrogens with one attached hydrogen (secondary N) is 2. The molecule has 0 spiro atoms. The average molecular weight is 599 g/mol. The Morgan fingerprint density at radius 1 is 1.00 bits per heavy atom. The molecule has 44 heavy (non-hydrogen) atoms. The summed E-state index contributed by atoms with van der Waals surface area (Å²) in [6.45, 7) is 10.1. The van der Waals surface area contributed by atoms with Gasteiger partial charge in [0.25, 0.3) is 0 Å². The van der Waals surface area contributed by atoms with Crippen molar-refractivity contribution in [3.63, 3.8) is 0 Å². The van der Waals surface area contributed by atoms with Crippen LogP contribution in [-0.4, -0.2) is 44.1 Å². The van der Waals surface area contributed by atoms with Crippen LogP contribution in [0.5, 0.6) is 0 Å². The minimum Gasteiger partial charge on any atom is -0.444 e. The number of nitrogens with two attached hydrogens (primary N) is 1. The van der Waals surface area contributed by atoms with E-state index >= 15 is 0 Å². The van der Waals surface area contributed by atoms with Crippen LogP contribution in [0.15, 0.2) is 72.8 Å². The van der Waals surface area contributed by atoms with Gasteiger partial charge in [-0.3, -0.25) is 4.79 Å². The number of fused-ring (bicyclic) bond motifs is 1.